The molecule has 2 atom stereocenters. The van der Waals surface area contributed by atoms with Crippen molar-refractivity contribution >= 4 is 27.5 Å². The Morgan fingerprint density at radius 3 is 2.46 bits per heavy atom. The van der Waals surface area contributed by atoms with Gasteiger partial charge < -0.3 is 9.64 Å². The molecule has 138 valence electrons. The van der Waals surface area contributed by atoms with Gasteiger partial charge in [0, 0.05) is 16.1 Å². The number of benzene rings is 2. The number of hydrogen-bond acceptors (Lipinski definition) is 2. The summed E-state index contributed by atoms with van der Waals surface area (Å²) in [5.41, 5.74) is 1.09. The minimum atomic E-state index is -4.47. The number of nitrogens with zero attached hydrogens (tertiary/aromatic N) is 1. The summed E-state index contributed by atoms with van der Waals surface area (Å²) in [5.74, 6) is -0.457. The number of methoxy groups -OCH3 is 1. The number of hydrogen-bond donors (Lipinski definition) is 0. The van der Waals surface area contributed by atoms with Crippen molar-refractivity contribution in [2.24, 2.45) is 5.92 Å². The molecule has 1 aliphatic rings. The number of ether oxygens (including phenoxy) is 1. The monoisotopic (exact) mass is 427 g/mol. The van der Waals surface area contributed by atoms with Gasteiger partial charge in [-0.2, -0.15) is 13.2 Å². The molecule has 7 heteroatoms. The molecule has 0 aliphatic heterocycles. The third-order valence-corrected chi connectivity index (χ3v) is 4.92. The highest BCUT2D eigenvalue weighted by Gasteiger charge is 2.48. The predicted molar refractivity (Wildman–Crippen MR) is 96.4 cm³/mol. The minimum absolute atomic E-state index is 0.121. The van der Waals surface area contributed by atoms with Crippen LogP contribution in [0.3, 0.4) is 0 Å². The number of alkyl halides is 3. The lowest BCUT2D eigenvalue weighted by Crippen LogP contribution is -2.40. The van der Waals surface area contributed by atoms with Gasteiger partial charge in [0.1, 0.15) is 12.3 Å². The molecule has 3 rings (SSSR count). The zero-order chi connectivity index (χ0) is 18.9. The van der Waals surface area contributed by atoms with Crippen LogP contribution in [0.2, 0.25) is 0 Å². The summed E-state index contributed by atoms with van der Waals surface area (Å²) < 4.78 is 45.1. The van der Waals surface area contributed by atoms with E-state index in [9.17, 15) is 18.0 Å². The molecular formula is C19H17BrF3NO2. The molecule has 0 radical (unpaired) electrons. The zero-order valence-corrected chi connectivity index (χ0v) is 15.5. The van der Waals surface area contributed by atoms with Gasteiger partial charge in [0.2, 0.25) is 5.91 Å². The maximum atomic E-state index is 13.0. The van der Waals surface area contributed by atoms with Gasteiger partial charge in [-0.05, 0) is 48.2 Å². The van der Waals surface area contributed by atoms with E-state index in [-0.39, 0.29) is 11.6 Å². The van der Waals surface area contributed by atoms with Crippen LogP contribution in [0.25, 0.3) is 0 Å². The van der Waals surface area contributed by atoms with Gasteiger partial charge in [-0.15, -0.1) is 0 Å². The molecule has 1 saturated carbocycles. The van der Waals surface area contributed by atoms with E-state index in [1.54, 1.807) is 18.2 Å². The van der Waals surface area contributed by atoms with E-state index >= 15 is 0 Å². The fourth-order valence-corrected chi connectivity index (χ4v) is 3.35. The first kappa shape index (κ1) is 18.8. The molecule has 26 heavy (non-hydrogen) atoms. The summed E-state index contributed by atoms with van der Waals surface area (Å²) in [5, 5.41) is 0. The average molecular weight is 428 g/mol. The van der Waals surface area contributed by atoms with Crippen LogP contribution in [0.4, 0.5) is 18.9 Å². The number of carbonyl (C=O) groups is 1. The Kier molecular flexibility index (Phi) is 5.27. The van der Waals surface area contributed by atoms with Crippen molar-refractivity contribution in [1.29, 1.82) is 0 Å². The van der Waals surface area contributed by atoms with Crippen molar-refractivity contribution in [3.63, 3.8) is 0 Å². The van der Waals surface area contributed by atoms with E-state index < -0.39 is 24.5 Å². The van der Waals surface area contributed by atoms with Crippen molar-refractivity contribution in [2.45, 2.75) is 18.5 Å². The van der Waals surface area contributed by atoms with Gasteiger partial charge in [-0.3, -0.25) is 4.79 Å². The predicted octanol–water partition coefficient (Wildman–Crippen LogP) is 5.16. The van der Waals surface area contributed by atoms with Crippen molar-refractivity contribution < 1.29 is 22.7 Å². The lowest BCUT2D eigenvalue weighted by Gasteiger charge is -2.24. The molecule has 1 aliphatic carbocycles. The fraction of sp³-hybridized carbons (Fsp3) is 0.316. The van der Waals surface area contributed by atoms with Crippen LogP contribution in [-0.4, -0.2) is 25.7 Å². The fourth-order valence-electron chi connectivity index (χ4n) is 3.08. The highest BCUT2D eigenvalue weighted by atomic mass is 79.9. The summed E-state index contributed by atoms with van der Waals surface area (Å²) in [4.78, 5) is 13.7. The van der Waals surface area contributed by atoms with E-state index in [2.05, 4.69) is 15.9 Å². The first-order valence-corrected chi connectivity index (χ1v) is 8.86. The highest BCUT2D eigenvalue weighted by molar-refractivity contribution is 9.10. The number of para-hydroxylation sites is 1. The van der Waals surface area contributed by atoms with Crippen LogP contribution in [-0.2, 0) is 4.79 Å². The Hall–Kier alpha value is -2.02. The summed E-state index contributed by atoms with van der Waals surface area (Å²) in [6.45, 7) is -1.30. The van der Waals surface area contributed by atoms with Crippen molar-refractivity contribution in [3.05, 3.63) is 58.6 Å². The number of carbonyl (C=O) groups excluding carboxylic acids is 1. The van der Waals surface area contributed by atoms with E-state index in [0.29, 0.717) is 12.2 Å². The van der Waals surface area contributed by atoms with Crippen LogP contribution in [0.1, 0.15) is 17.9 Å². The Balaban J connectivity index is 1.83. The Labute approximate surface area is 157 Å². The number of amides is 1. The quantitative estimate of drug-likeness (QED) is 0.659. The summed E-state index contributed by atoms with van der Waals surface area (Å²) >= 11 is 3.25. The van der Waals surface area contributed by atoms with E-state index in [1.165, 1.54) is 19.2 Å². The van der Waals surface area contributed by atoms with E-state index in [1.807, 2.05) is 18.2 Å². The van der Waals surface area contributed by atoms with Crippen LogP contribution >= 0.6 is 15.9 Å². The normalized spacial score (nSPS) is 19.1. The minimum Gasteiger partial charge on any atom is -0.496 e. The van der Waals surface area contributed by atoms with Gasteiger partial charge in [0.05, 0.1) is 7.11 Å². The topological polar surface area (TPSA) is 29.5 Å². The first-order chi connectivity index (χ1) is 12.3. The molecule has 3 nitrogen and oxygen atoms in total. The largest absolute Gasteiger partial charge is 0.496 e. The zero-order valence-electron chi connectivity index (χ0n) is 14.0. The average Bonchev–Trinajstić information content (AvgIpc) is 3.39. The third kappa shape index (κ3) is 4.20. The molecule has 0 heterocycles. The summed E-state index contributed by atoms with van der Waals surface area (Å²) in [6, 6.07) is 13.6. The molecular weight excluding hydrogens is 411 g/mol. The Morgan fingerprint density at radius 2 is 1.85 bits per heavy atom. The SMILES string of the molecule is COc1ccccc1C1CC1C(=O)N(CC(F)(F)F)c1ccc(Br)cc1. The van der Waals surface area contributed by atoms with Crippen LogP contribution in [0.15, 0.2) is 53.0 Å². The Bertz CT molecular complexity index is 792. The summed E-state index contributed by atoms with van der Waals surface area (Å²) in [7, 11) is 1.54. The molecule has 1 amide bonds. The molecule has 2 aromatic carbocycles. The lowest BCUT2D eigenvalue weighted by molar-refractivity contribution is -0.133. The first-order valence-electron chi connectivity index (χ1n) is 8.07. The number of anilines is 1. The van der Waals surface area contributed by atoms with Crippen molar-refractivity contribution in [3.8, 4) is 5.75 Å². The molecule has 2 aromatic rings. The molecule has 0 aromatic heterocycles. The van der Waals surface area contributed by atoms with E-state index in [0.717, 1.165) is 14.9 Å². The van der Waals surface area contributed by atoms with Gasteiger partial charge in [0.25, 0.3) is 0 Å². The standard InChI is InChI=1S/C19H17BrF3NO2/c1-26-17-5-3-2-4-14(17)15-10-16(15)18(25)24(11-19(21,22)23)13-8-6-12(20)7-9-13/h2-9,15-16H,10-11H2,1H3. The van der Waals surface area contributed by atoms with E-state index in [4.69, 9.17) is 4.74 Å². The maximum absolute atomic E-state index is 13.0. The van der Waals surface area contributed by atoms with Gasteiger partial charge in [-0.1, -0.05) is 34.1 Å². The number of halogens is 4. The van der Waals surface area contributed by atoms with Crippen LogP contribution in [0, 0.1) is 5.92 Å². The van der Waals surface area contributed by atoms with Crippen LogP contribution in [0.5, 0.6) is 5.75 Å². The van der Waals surface area contributed by atoms with Crippen molar-refractivity contribution in [2.75, 3.05) is 18.6 Å². The molecule has 0 saturated heterocycles. The van der Waals surface area contributed by atoms with Gasteiger partial charge in [-0.25, -0.2) is 0 Å². The second kappa shape index (κ2) is 7.31. The molecule has 1 fully saturated rings. The Morgan fingerprint density at radius 1 is 1.19 bits per heavy atom. The van der Waals surface area contributed by atoms with Crippen LogP contribution < -0.4 is 9.64 Å². The smallest absolute Gasteiger partial charge is 0.406 e. The number of rotatable bonds is 5. The van der Waals surface area contributed by atoms with Gasteiger partial charge >= 0.3 is 6.18 Å². The molecule has 2 unspecified atom stereocenters. The molecule has 0 spiro atoms. The lowest BCUT2D eigenvalue weighted by atomic mass is 10.1. The molecule has 0 bridgehead atoms. The maximum Gasteiger partial charge on any atom is 0.406 e. The summed E-state index contributed by atoms with van der Waals surface area (Å²) in [6.07, 6.45) is -3.96. The molecule has 0 N–H and O–H groups in total. The van der Waals surface area contributed by atoms with Gasteiger partial charge in [0.15, 0.2) is 0 Å². The third-order valence-electron chi connectivity index (χ3n) is 4.39. The van der Waals surface area contributed by atoms with Crippen molar-refractivity contribution in [1.82, 2.24) is 0 Å². The second-order valence-corrected chi connectivity index (χ2v) is 7.12. The second-order valence-electron chi connectivity index (χ2n) is 6.21. The highest BCUT2D eigenvalue weighted by Crippen LogP contribution is 2.51.